The number of ether oxygens (including phenoxy) is 2. The standard InChI is InChI=1S/C21H24N2O6/c1-11(2)29-20(26)18-12(3)19(22-13(18)4)21(27)28-10-17(25)15-6-8-16(9-7-15)23-14(5)24/h6-9,11,22H,10H2,1-5H3,(H,23,24). The molecular weight excluding hydrogens is 376 g/mol. The molecule has 2 aromatic rings. The van der Waals surface area contributed by atoms with Crippen LogP contribution in [0.15, 0.2) is 24.3 Å². The lowest BCUT2D eigenvalue weighted by Crippen LogP contribution is -2.16. The van der Waals surface area contributed by atoms with Gasteiger partial charge in [0.05, 0.1) is 11.7 Å². The number of rotatable bonds is 7. The van der Waals surface area contributed by atoms with Gasteiger partial charge in [0.25, 0.3) is 0 Å². The molecule has 8 heteroatoms. The lowest BCUT2D eigenvalue weighted by Gasteiger charge is -2.08. The van der Waals surface area contributed by atoms with E-state index in [4.69, 9.17) is 9.47 Å². The van der Waals surface area contributed by atoms with Gasteiger partial charge in [-0.15, -0.1) is 0 Å². The lowest BCUT2D eigenvalue weighted by molar-refractivity contribution is -0.114. The SMILES string of the molecule is CC(=O)Nc1ccc(C(=O)COC(=O)c2[nH]c(C)c(C(=O)OC(C)C)c2C)cc1. The number of Topliss-reactive ketones (excluding diaryl/α,β-unsaturated/α-hetero) is 1. The van der Waals surface area contributed by atoms with Crippen LogP contribution >= 0.6 is 0 Å². The van der Waals surface area contributed by atoms with Crippen LogP contribution in [0.3, 0.4) is 0 Å². The third-order valence-electron chi connectivity index (χ3n) is 4.05. The Labute approximate surface area is 168 Å². The second-order valence-electron chi connectivity index (χ2n) is 6.84. The van der Waals surface area contributed by atoms with E-state index in [-0.39, 0.29) is 23.3 Å². The highest BCUT2D eigenvalue weighted by molar-refractivity contribution is 6.01. The highest BCUT2D eigenvalue weighted by atomic mass is 16.5. The average Bonchev–Trinajstić information content (AvgIpc) is 2.93. The molecule has 1 amide bonds. The molecule has 0 aliphatic rings. The summed E-state index contributed by atoms with van der Waals surface area (Å²) in [6.45, 7) is 7.66. The Morgan fingerprint density at radius 3 is 2.21 bits per heavy atom. The van der Waals surface area contributed by atoms with Crippen LogP contribution in [0.1, 0.15) is 63.2 Å². The Morgan fingerprint density at radius 2 is 1.66 bits per heavy atom. The van der Waals surface area contributed by atoms with Crippen LogP contribution in [0.4, 0.5) is 5.69 Å². The van der Waals surface area contributed by atoms with E-state index < -0.39 is 24.3 Å². The maximum atomic E-state index is 12.4. The van der Waals surface area contributed by atoms with E-state index in [0.29, 0.717) is 22.5 Å². The predicted octanol–water partition coefficient (Wildman–Crippen LogP) is 3.19. The summed E-state index contributed by atoms with van der Waals surface area (Å²) in [5.74, 6) is -1.88. The van der Waals surface area contributed by atoms with Gasteiger partial charge < -0.3 is 19.8 Å². The quantitative estimate of drug-likeness (QED) is 0.545. The number of benzene rings is 1. The average molecular weight is 400 g/mol. The van der Waals surface area contributed by atoms with Crippen LogP contribution in [-0.2, 0) is 14.3 Å². The van der Waals surface area contributed by atoms with Gasteiger partial charge in [0.1, 0.15) is 5.69 Å². The fourth-order valence-corrected chi connectivity index (χ4v) is 2.76. The molecule has 0 fully saturated rings. The predicted molar refractivity (Wildman–Crippen MR) is 106 cm³/mol. The maximum absolute atomic E-state index is 12.4. The molecule has 29 heavy (non-hydrogen) atoms. The molecule has 0 saturated heterocycles. The van der Waals surface area contributed by atoms with Gasteiger partial charge in [-0.2, -0.15) is 0 Å². The highest BCUT2D eigenvalue weighted by Gasteiger charge is 2.25. The summed E-state index contributed by atoms with van der Waals surface area (Å²) < 4.78 is 10.3. The second-order valence-corrected chi connectivity index (χ2v) is 6.84. The Balaban J connectivity index is 2.04. The van der Waals surface area contributed by atoms with Gasteiger partial charge in [0, 0.05) is 23.9 Å². The molecule has 154 valence electrons. The van der Waals surface area contributed by atoms with Gasteiger partial charge in [-0.25, -0.2) is 9.59 Å². The fraction of sp³-hybridized carbons (Fsp3) is 0.333. The minimum Gasteiger partial charge on any atom is -0.459 e. The van der Waals surface area contributed by atoms with Crippen molar-refractivity contribution in [1.82, 2.24) is 4.98 Å². The van der Waals surface area contributed by atoms with Gasteiger partial charge in [-0.1, -0.05) is 0 Å². The van der Waals surface area contributed by atoms with Crippen LogP contribution in [0.5, 0.6) is 0 Å². The first-order valence-corrected chi connectivity index (χ1v) is 9.08. The first kappa shape index (κ1) is 21.9. The maximum Gasteiger partial charge on any atom is 0.355 e. The van der Waals surface area contributed by atoms with Gasteiger partial charge in [0.15, 0.2) is 12.4 Å². The van der Waals surface area contributed by atoms with Crippen molar-refractivity contribution in [3.8, 4) is 0 Å². The summed E-state index contributed by atoms with van der Waals surface area (Å²) in [6, 6.07) is 6.24. The first-order chi connectivity index (χ1) is 13.6. The number of carbonyl (C=O) groups excluding carboxylic acids is 4. The van der Waals surface area contributed by atoms with Crippen molar-refractivity contribution < 1.29 is 28.7 Å². The topological polar surface area (TPSA) is 115 Å². The molecule has 1 heterocycles. The number of esters is 2. The van der Waals surface area contributed by atoms with Gasteiger partial charge >= 0.3 is 11.9 Å². The molecule has 2 rings (SSSR count). The van der Waals surface area contributed by atoms with Crippen molar-refractivity contribution >= 4 is 29.3 Å². The molecule has 2 N–H and O–H groups in total. The Kier molecular flexibility index (Phi) is 6.93. The van der Waals surface area contributed by atoms with Crippen LogP contribution in [0, 0.1) is 13.8 Å². The van der Waals surface area contributed by atoms with Crippen LogP contribution < -0.4 is 5.32 Å². The van der Waals surface area contributed by atoms with Crippen molar-refractivity contribution in [1.29, 1.82) is 0 Å². The van der Waals surface area contributed by atoms with Crippen molar-refractivity contribution in [2.24, 2.45) is 0 Å². The number of aromatic amines is 1. The molecule has 1 aromatic heterocycles. The largest absolute Gasteiger partial charge is 0.459 e. The summed E-state index contributed by atoms with van der Waals surface area (Å²) in [6.07, 6.45) is -0.291. The minimum absolute atomic E-state index is 0.104. The van der Waals surface area contributed by atoms with Gasteiger partial charge in [-0.05, 0) is 57.5 Å². The zero-order valence-electron chi connectivity index (χ0n) is 17.0. The van der Waals surface area contributed by atoms with Gasteiger partial charge in [-0.3, -0.25) is 9.59 Å². The van der Waals surface area contributed by atoms with Crippen molar-refractivity contribution in [3.63, 3.8) is 0 Å². The third-order valence-corrected chi connectivity index (χ3v) is 4.05. The van der Waals surface area contributed by atoms with E-state index in [1.54, 1.807) is 39.8 Å². The molecule has 0 spiro atoms. The number of hydrogen-bond donors (Lipinski definition) is 2. The molecule has 0 unspecified atom stereocenters. The second kappa shape index (κ2) is 9.18. The summed E-state index contributed by atoms with van der Waals surface area (Å²) >= 11 is 0. The summed E-state index contributed by atoms with van der Waals surface area (Å²) in [5, 5.41) is 2.60. The molecule has 0 aliphatic heterocycles. The van der Waals surface area contributed by atoms with E-state index >= 15 is 0 Å². The number of anilines is 1. The lowest BCUT2D eigenvalue weighted by atomic mass is 10.1. The number of aryl methyl sites for hydroxylation is 1. The molecule has 1 aromatic carbocycles. The first-order valence-electron chi connectivity index (χ1n) is 9.08. The number of amides is 1. The number of ketones is 1. The Morgan fingerprint density at radius 1 is 1.03 bits per heavy atom. The van der Waals surface area contributed by atoms with E-state index in [9.17, 15) is 19.2 Å². The number of nitrogens with one attached hydrogen (secondary N) is 2. The minimum atomic E-state index is -0.739. The van der Waals surface area contributed by atoms with Gasteiger partial charge in [0.2, 0.25) is 5.91 Å². The molecule has 0 bridgehead atoms. The van der Waals surface area contributed by atoms with Crippen LogP contribution in [0.2, 0.25) is 0 Å². The number of H-pyrrole nitrogens is 1. The number of aromatic nitrogens is 1. The Bertz CT molecular complexity index is 941. The smallest absolute Gasteiger partial charge is 0.355 e. The van der Waals surface area contributed by atoms with Crippen molar-refractivity contribution in [2.75, 3.05) is 11.9 Å². The van der Waals surface area contributed by atoms with Crippen LogP contribution in [-0.4, -0.2) is 41.3 Å². The summed E-state index contributed by atoms with van der Waals surface area (Å²) in [7, 11) is 0. The normalized spacial score (nSPS) is 10.6. The summed E-state index contributed by atoms with van der Waals surface area (Å²) in [5.41, 5.74) is 2.18. The van der Waals surface area contributed by atoms with Crippen molar-refractivity contribution in [3.05, 3.63) is 52.3 Å². The Hall–Kier alpha value is -3.42. The fourth-order valence-electron chi connectivity index (χ4n) is 2.76. The third kappa shape index (κ3) is 5.54. The van der Waals surface area contributed by atoms with E-state index in [2.05, 4.69) is 10.3 Å². The van der Waals surface area contributed by atoms with E-state index in [0.717, 1.165) is 0 Å². The van der Waals surface area contributed by atoms with Crippen LogP contribution in [0.25, 0.3) is 0 Å². The zero-order chi connectivity index (χ0) is 21.7. The van der Waals surface area contributed by atoms with E-state index in [1.165, 1.54) is 19.1 Å². The summed E-state index contributed by atoms with van der Waals surface area (Å²) in [4.78, 5) is 50.7. The molecule has 0 saturated carbocycles. The monoisotopic (exact) mass is 400 g/mol. The number of carbonyl (C=O) groups is 4. The molecular formula is C21H24N2O6. The molecule has 8 nitrogen and oxygen atoms in total. The highest BCUT2D eigenvalue weighted by Crippen LogP contribution is 2.20. The number of hydrogen-bond acceptors (Lipinski definition) is 6. The molecule has 0 atom stereocenters. The van der Waals surface area contributed by atoms with E-state index in [1.807, 2.05) is 0 Å². The molecule has 0 radical (unpaired) electrons. The van der Waals surface area contributed by atoms with Crippen molar-refractivity contribution in [2.45, 2.75) is 40.7 Å². The zero-order valence-corrected chi connectivity index (χ0v) is 17.0. The molecule has 0 aliphatic carbocycles.